The van der Waals surface area contributed by atoms with Crippen LogP contribution < -0.4 is 10.6 Å². The number of rotatable bonds is 3. The SMILES string of the molecule is CCNC(=O)Nc1c(C)cccc1CC. The first-order chi connectivity index (χ1) is 7.19. The normalized spacial score (nSPS) is 9.80. The summed E-state index contributed by atoms with van der Waals surface area (Å²) in [6.45, 7) is 6.62. The van der Waals surface area contributed by atoms with E-state index in [4.69, 9.17) is 0 Å². The van der Waals surface area contributed by atoms with E-state index in [1.165, 1.54) is 5.56 Å². The molecule has 2 N–H and O–H groups in total. The molecule has 0 aliphatic rings. The summed E-state index contributed by atoms with van der Waals surface area (Å²) >= 11 is 0. The van der Waals surface area contributed by atoms with Crippen LogP contribution in [-0.2, 0) is 6.42 Å². The van der Waals surface area contributed by atoms with Crippen molar-refractivity contribution in [3.05, 3.63) is 29.3 Å². The van der Waals surface area contributed by atoms with Gasteiger partial charge >= 0.3 is 6.03 Å². The number of benzene rings is 1. The largest absolute Gasteiger partial charge is 0.338 e. The average molecular weight is 206 g/mol. The number of carbonyl (C=O) groups is 1. The molecule has 0 fully saturated rings. The molecule has 0 saturated carbocycles. The first-order valence-electron chi connectivity index (χ1n) is 5.32. The van der Waals surface area contributed by atoms with Gasteiger partial charge in [-0.15, -0.1) is 0 Å². The lowest BCUT2D eigenvalue weighted by molar-refractivity contribution is 0.252. The third-order valence-electron chi connectivity index (χ3n) is 2.32. The van der Waals surface area contributed by atoms with Crippen molar-refractivity contribution in [1.82, 2.24) is 5.32 Å². The number of amides is 2. The van der Waals surface area contributed by atoms with E-state index < -0.39 is 0 Å². The zero-order valence-corrected chi connectivity index (χ0v) is 9.55. The molecule has 2 amide bonds. The zero-order valence-electron chi connectivity index (χ0n) is 9.55. The smallest absolute Gasteiger partial charge is 0.319 e. The van der Waals surface area contributed by atoms with Crippen molar-refractivity contribution in [2.45, 2.75) is 27.2 Å². The molecule has 0 aliphatic carbocycles. The van der Waals surface area contributed by atoms with Crippen molar-refractivity contribution in [3.63, 3.8) is 0 Å². The Morgan fingerprint density at radius 1 is 1.33 bits per heavy atom. The lowest BCUT2D eigenvalue weighted by atomic mass is 10.1. The van der Waals surface area contributed by atoms with E-state index in [0.29, 0.717) is 6.54 Å². The number of urea groups is 1. The molecular formula is C12H18N2O. The Kier molecular flexibility index (Phi) is 4.16. The van der Waals surface area contributed by atoms with Gasteiger partial charge in [-0.2, -0.15) is 0 Å². The Hall–Kier alpha value is -1.51. The fourth-order valence-electron chi connectivity index (χ4n) is 1.52. The van der Waals surface area contributed by atoms with Crippen LogP contribution in [0.5, 0.6) is 0 Å². The molecule has 1 rings (SSSR count). The van der Waals surface area contributed by atoms with Gasteiger partial charge in [0.25, 0.3) is 0 Å². The first kappa shape index (κ1) is 11.6. The zero-order chi connectivity index (χ0) is 11.3. The number of hydrogen-bond acceptors (Lipinski definition) is 1. The predicted molar refractivity (Wildman–Crippen MR) is 63.3 cm³/mol. The molecule has 1 aromatic carbocycles. The van der Waals surface area contributed by atoms with Crippen LogP contribution >= 0.6 is 0 Å². The molecule has 15 heavy (non-hydrogen) atoms. The maximum absolute atomic E-state index is 11.4. The molecule has 82 valence electrons. The highest BCUT2D eigenvalue weighted by atomic mass is 16.2. The van der Waals surface area contributed by atoms with Crippen LogP contribution in [0.1, 0.15) is 25.0 Å². The second-order valence-corrected chi connectivity index (χ2v) is 3.45. The van der Waals surface area contributed by atoms with Crippen molar-refractivity contribution in [1.29, 1.82) is 0 Å². The van der Waals surface area contributed by atoms with Crippen LogP contribution in [0.15, 0.2) is 18.2 Å². The van der Waals surface area contributed by atoms with E-state index >= 15 is 0 Å². The number of aryl methyl sites for hydroxylation is 2. The van der Waals surface area contributed by atoms with Gasteiger partial charge in [-0.05, 0) is 31.4 Å². The molecule has 3 nitrogen and oxygen atoms in total. The van der Waals surface area contributed by atoms with Crippen molar-refractivity contribution in [2.75, 3.05) is 11.9 Å². The Balaban J connectivity index is 2.87. The molecule has 3 heteroatoms. The Labute approximate surface area is 90.9 Å². The summed E-state index contributed by atoms with van der Waals surface area (Å²) in [7, 11) is 0. The third-order valence-corrected chi connectivity index (χ3v) is 2.32. The van der Waals surface area contributed by atoms with Crippen LogP contribution in [-0.4, -0.2) is 12.6 Å². The summed E-state index contributed by atoms with van der Waals surface area (Å²) < 4.78 is 0. The molecule has 0 aromatic heterocycles. The minimum absolute atomic E-state index is 0.138. The highest BCUT2D eigenvalue weighted by Gasteiger charge is 2.06. The molecule has 0 unspecified atom stereocenters. The molecule has 0 bridgehead atoms. The molecule has 0 saturated heterocycles. The van der Waals surface area contributed by atoms with Crippen molar-refractivity contribution in [2.24, 2.45) is 0 Å². The van der Waals surface area contributed by atoms with Crippen LogP contribution in [0, 0.1) is 6.92 Å². The van der Waals surface area contributed by atoms with Gasteiger partial charge in [0.2, 0.25) is 0 Å². The topological polar surface area (TPSA) is 41.1 Å². The minimum Gasteiger partial charge on any atom is -0.338 e. The quantitative estimate of drug-likeness (QED) is 0.784. The van der Waals surface area contributed by atoms with Gasteiger partial charge in [-0.25, -0.2) is 4.79 Å². The van der Waals surface area contributed by atoms with Crippen molar-refractivity contribution >= 4 is 11.7 Å². The first-order valence-corrected chi connectivity index (χ1v) is 5.32. The predicted octanol–water partition coefficient (Wildman–Crippen LogP) is 2.70. The lowest BCUT2D eigenvalue weighted by Crippen LogP contribution is -2.29. The molecular weight excluding hydrogens is 188 g/mol. The summed E-state index contributed by atoms with van der Waals surface area (Å²) in [6, 6.07) is 5.91. The monoisotopic (exact) mass is 206 g/mol. The molecule has 0 atom stereocenters. The number of carbonyl (C=O) groups excluding carboxylic acids is 1. The average Bonchev–Trinajstić information content (AvgIpc) is 2.21. The van der Waals surface area contributed by atoms with E-state index in [2.05, 4.69) is 17.6 Å². The van der Waals surface area contributed by atoms with Crippen molar-refractivity contribution in [3.8, 4) is 0 Å². The highest BCUT2D eigenvalue weighted by molar-refractivity contribution is 5.90. The van der Waals surface area contributed by atoms with E-state index in [1.807, 2.05) is 32.0 Å². The molecule has 0 radical (unpaired) electrons. The van der Waals surface area contributed by atoms with E-state index in [0.717, 1.165) is 17.7 Å². The second-order valence-electron chi connectivity index (χ2n) is 3.45. The van der Waals surface area contributed by atoms with Crippen LogP contribution in [0.2, 0.25) is 0 Å². The second kappa shape index (κ2) is 5.39. The third kappa shape index (κ3) is 2.98. The molecule has 0 aliphatic heterocycles. The molecule has 0 heterocycles. The van der Waals surface area contributed by atoms with Gasteiger partial charge in [0.1, 0.15) is 0 Å². The van der Waals surface area contributed by atoms with Crippen LogP contribution in [0.25, 0.3) is 0 Å². The number of anilines is 1. The van der Waals surface area contributed by atoms with Crippen LogP contribution in [0.3, 0.4) is 0 Å². The number of para-hydroxylation sites is 1. The summed E-state index contributed by atoms with van der Waals surface area (Å²) in [5.74, 6) is 0. The Morgan fingerprint density at radius 3 is 2.67 bits per heavy atom. The van der Waals surface area contributed by atoms with Crippen molar-refractivity contribution < 1.29 is 4.79 Å². The van der Waals surface area contributed by atoms with Gasteiger partial charge in [-0.3, -0.25) is 0 Å². The maximum atomic E-state index is 11.4. The van der Waals surface area contributed by atoms with Gasteiger partial charge < -0.3 is 10.6 Å². The van der Waals surface area contributed by atoms with E-state index in [1.54, 1.807) is 0 Å². The van der Waals surface area contributed by atoms with Gasteiger partial charge in [0.15, 0.2) is 0 Å². The summed E-state index contributed by atoms with van der Waals surface area (Å²) in [5, 5.41) is 5.60. The van der Waals surface area contributed by atoms with E-state index in [-0.39, 0.29) is 6.03 Å². The Bertz CT molecular complexity index is 347. The van der Waals surface area contributed by atoms with Gasteiger partial charge in [-0.1, -0.05) is 25.1 Å². The number of nitrogens with one attached hydrogen (secondary N) is 2. The lowest BCUT2D eigenvalue weighted by Gasteiger charge is -2.12. The molecule has 1 aromatic rings. The standard InChI is InChI=1S/C12H18N2O/c1-4-10-8-6-7-9(3)11(10)14-12(15)13-5-2/h6-8H,4-5H2,1-3H3,(H2,13,14,15). The highest BCUT2D eigenvalue weighted by Crippen LogP contribution is 2.20. The van der Waals surface area contributed by atoms with Crippen LogP contribution in [0.4, 0.5) is 10.5 Å². The fraction of sp³-hybridized carbons (Fsp3) is 0.417. The van der Waals surface area contributed by atoms with E-state index in [9.17, 15) is 4.79 Å². The number of hydrogen-bond donors (Lipinski definition) is 2. The summed E-state index contributed by atoms with van der Waals surface area (Å²) in [4.78, 5) is 11.4. The van der Waals surface area contributed by atoms with Gasteiger partial charge in [0, 0.05) is 12.2 Å². The summed E-state index contributed by atoms with van der Waals surface area (Å²) in [6.07, 6.45) is 0.920. The molecule has 0 spiro atoms. The summed E-state index contributed by atoms with van der Waals surface area (Å²) in [5.41, 5.74) is 3.20. The Morgan fingerprint density at radius 2 is 2.07 bits per heavy atom. The fourth-order valence-corrected chi connectivity index (χ4v) is 1.52. The maximum Gasteiger partial charge on any atom is 0.319 e. The van der Waals surface area contributed by atoms with Gasteiger partial charge in [0.05, 0.1) is 0 Å². The minimum atomic E-state index is -0.138.